The van der Waals surface area contributed by atoms with Crippen molar-refractivity contribution in [3.63, 3.8) is 0 Å². The summed E-state index contributed by atoms with van der Waals surface area (Å²) in [6.45, 7) is 3.48. The number of nitrogens with one attached hydrogen (secondary N) is 1. The summed E-state index contributed by atoms with van der Waals surface area (Å²) in [7, 11) is 0. The molecule has 0 saturated heterocycles. The van der Waals surface area contributed by atoms with Crippen molar-refractivity contribution < 1.29 is 27.9 Å². The molecule has 1 atom stereocenters. The van der Waals surface area contributed by atoms with E-state index in [1.54, 1.807) is 56.5 Å². The largest absolute Gasteiger partial charge is 0.480 e. The lowest BCUT2D eigenvalue weighted by Crippen LogP contribution is -2.43. The van der Waals surface area contributed by atoms with Crippen LogP contribution in [0.2, 0.25) is 5.02 Å². The van der Waals surface area contributed by atoms with Gasteiger partial charge in [0.1, 0.15) is 23.0 Å². The van der Waals surface area contributed by atoms with Crippen LogP contribution in [0.4, 0.5) is 4.39 Å². The molecule has 39 heavy (non-hydrogen) atoms. The standard InChI is InChI=1S/C30H23ClFNO6/c1-15-21-12-23-24(18-5-9-20(32)10-6-18)14-38-27(23)16(2)28(21)39-30(37)22(15)13-26(34)33-25(29(35)36)11-17-3-7-19(31)8-4-17/h3-10,12,14,25H,11,13H2,1-2H3,(H,33,34)(H,35,36)/t25-/m0/s1. The number of aliphatic carboxylic acids is 1. The third-order valence-electron chi connectivity index (χ3n) is 6.82. The summed E-state index contributed by atoms with van der Waals surface area (Å²) in [5.41, 5.74) is 3.63. The first-order chi connectivity index (χ1) is 18.6. The van der Waals surface area contributed by atoms with Gasteiger partial charge in [0.25, 0.3) is 0 Å². The maximum atomic E-state index is 13.5. The molecule has 0 bridgehead atoms. The first-order valence-electron chi connectivity index (χ1n) is 12.1. The van der Waals surface area contributed by atoms with Gasteiger partial charge < -0.3 is 19.3 Å². The number of carboxylic acid groups (broad SMARTS) is 1. The number of amides is 1. The Bertz CT molecular complexity index is 1790. The van der Waals surface area contributed by atoms with Crippen LogP contribution in [0.5, 0.6) is 0 Å². The SMILES string of the molecule is Cc1c(CC(=O)N[C@@H](Cc2ccc(Cl)cc2)C(=O)O)c(=O)oc2c(C)c3occ(-c4ccc(F)cc4)c3cc12. The van der Waals surface area contributed by atoms with Crippen molar-refractivity contribution in [1.82, 2.24) is 5.32 Å². The zero-order valence-corrected chi connectivity index (χ0v) is 21.8. The Morgan fingerprint density at radius 2 is 1.69 bits per heavy atom. The van der Waals surface area contributed by atoms with Crippen molar-refractivity contribution in [2.75, 3.05) is 0 Å². The van der Waals surface area contributed by atoms with E-state index < -0.39 is 23.5 Å². The average molecular weight is 548 g/mol. The fourth-order valence-electron chi connectivity index (χ4n) is 4.72. The molecule has 0 aliphatic carbocycles. The lowest BCUT2D eigenvalue weighted by Gasteiger charge is -2.15. The Morgan fingerprint density at radius 3 is 2.36 bits per heavy atom. The van der Waals surface area contributed by atoms with Gasteiger partial charge in [-0.3, -0.25) is 4.79 Å². The minimum absolute atomic E-state index is 0.0490. The average Bonchev–Trinajstić information content (AvgIpc) is 3.33. The highest BCUT2D eigenvalue weighted by Crippen LogP contribution is 2.37. The first kappa shape index (κ1) is 26.2. The summed E-state index contributed by atoms with van der Waals surface area (Å²) in [5, 5.41) is 14.0. The van der Waals surface area contributed by atoms with Gasteiger partial charge in [0.2, 0.25) is 5.91 Å². The van der Waals surface area contributed by atoms with Crippen LogP contribution in [0.25, 0.3) is 33.1 Å². The molecular weight excluding hydrogens is 525 g/mol. The van der Waals surface area contributed by atoms with Gasteiger partial charge in [-0.15, -0.1) is 0 Å². The Labute approximate surface area is 226 Å². The van der Waals surface area contributed by atoms with Crippen molar-refractivity contribution in [2.45, 2.75) is 32.7 Å². The van der Waals surface area contributed by atoms with E-state index in [0.29, 0.717) is 38.3 Å². The van der Waals surface area contributed by atoms with Crippen molar-refractivity contribution in [2.24, 2.45) is 0 Å². The molecular formula is C30H23ClFNO6. The summed E-state index contributed by atoms with van der Waals surface area (Å²) in [5.74, 6) is -2.18. The molecule has 9 heteroatoms. The van der Waals surface area contributed by atoms with Gasteiger partial charge in [-0.05, 0) is 60.9 Å². The van der Waals surface area contributed by atoms with E-state index in [4.69, 9.17) is 20.4 Å². The fraction of sp³-hybridized carbons (Fsp3) is 0.167. The van der Waals surface area contributed by atoms with Crippen LogP contribution in [-0.2, 0) is 22.4 Å². The molecule has 2 heterocycles. The fourth-order valence-corrected chi connectivity index (χ4v) is 4.84. The second-order valence-electron chi connectivity index (χ2n) is 9.37. The van der Waals surface area contributed by atoms with Crippen LogP contribution >= 0.6 is 11.6 Å². The molecule has 0 unspecified atom stereocenters. The monoisotopic (exact) mass is 547 g/mol. The van der Waals surface area contributed by atoms with Crippen molar-refractivity contribution in [3.8, 4) is 11.1 Å². The van der Waals surface area contributed by atoms with Crippen LogP contribution < -0.4 is 10.9 Å². The zero-order chi connectivity index (χ0) is 27.8. The van der Waals surface area contributed by atoms with Crippen molar-refractivity contribution in [1.29, 1.82) is 0 Å². The third-order valence-corrected chi connectivity index (χ3v) is 7.07. The molecule has 1 amide bonds. The van der Waals surface area contributed by atoms with Gasteiger partial charge in [-0.1, -0.05) is 35.9 Å². The molecule has 3 aromatic carbocycles. The van der Waals surface area contributed by atoms with Gasteiger partial charge >= 0.3 is 11.6 Å². The Morgan fingerprint density at radius 1 is 1.00 bits per heavy atom. The highest BCUT2D eigenvalue weighted by Gasteiger charge is 2.24. The minimum atomic E-state index is -1.20. The van der Waals surface area contributed by atoms with Gasteiger partial charge in [-0.2, -0.15) is 0 Å². The number of fused-ring (bicyclic) bond motifs is 2. The van der Waals surface area contributed by atoms with E-state index in [0.717, 1.165) is 16.5 Å². The highest BCUT2D eigenvalue weighted by atomic mass is 35.5. The van der Waals surface area contributed by atoms with Crippen molar-refractivity contribution in [3.05, 3.63) is 104 Å². The molecule has 0 fully saturated rings. The van der Waals surface area contributed by atoms with Gasteiger partial charge in [0.15, 0.2) is 0 Å². The van der Waals surface area contributed by atoms with Gasteiger partial charge in [-0.25, -0.2) is 14.0 Å². The molecule has 0 saturated carbocycles. The van der Waals surface area contributed by atoms with E-state index in [1.807, 2.05) is 6.07 Å². The molecule has 0 spiro atoms. The molecule has 0 aliphatic rings. The number of rotatable bonds is 7. The normalized spacial score (nSPS) is 12.1. The Hall–Kier alpha value is -4.43. The molecule has 0 aliphatic heterocycles. The van der Waals surface area contributed by atoms with Crippen LogP contribution in [0.15, 0.2) is 74.5 Å². The molecule has 198 valence electrons. The smallest absolute Gasteiger partial charge is 0.340 e. The lowest BCUT2D eigenvalue weighted by molar-refractivity contribution is -0.141. The maximum absolute atomic E-state index is 13.5. The third kappa shape index (κ3) is 5.15. The summed E-state index contributed by atoms with van der Waals surface area (Å²) >= 11 is 5.89. The number of benzene rings is 3. The van der Waals surface area contributed by atoms with E-state index in [-0.39, 0.29) is 24.2 Å². The highest BCUT2D eigenvalue weighted by molar-refractivity contribution is 6.30. The van der Waals surface area contributed by atoms with E-state index in [1.165, 1.54) is 12.1 Å². The number of furan rings is 1. The summed E-state index contributed by atoms with van der Waals surface area (Å²) in [6.07, 6.45) is 1.26. The minimum Gasteiger partial charge on any atom is -0.480 e. The molecule has 2 aromatic heterocycles. The number of halogens is 2. The second kappa shape index (κ2) is 10.4. The molecule has 0 radical (unpaired) electrons. The Balaban J connectivity index is 1.48. The number of carbonyl (C=O) groups excluding carboxylic acids is 1. The topological polar surface area (TPSA) is 110 Å². The summed E-state index contributed by atoms with van der Waals surface area (Å²) < 4.78 is 24.9. The van der Waals surface area contributed by atoms with Crippen LogP contribution in [0.1, 0.15) is 22.3 Å². The number of hydrogen-bond acceptors (Lipinski definition) is 5. The molecule has 5 aromatic rings. The van der Waals surface area contributed by atoms with Crippen LogP contribution in [0, 0.1) is 19.7 Å². The quantitative estimate of drug-likeness (QED) is 0.243. The number of aryl methyl sites for hydroxylation is 2. The number of carboxylic acids is 1. The summed E-state index contributed by atoms with van der Waals surface area (Å²) in [6, 6.07) is 13.3. The van der Waals surface area contributed by atoms with Gasteiger partial charge in [0.05, 0.1) is 18.2 Å². The van der Waals surface area contributed by atoms with E-state index in [2.05, 4.69) is 5.32 Å². The number of carbonyl (C=O) groups is 2. The lowest BCUT2D eigenvalue weighted by atomic mass is 9.97. The maximum Gasteiger partial charge on any atom is 0.340 e. The molecule has 7 nitrogen and oxygen atoms in total. The van der Waals surface area contributed by atoms with Gasteiger partial charge in [0, 0.05) is 33.3 Å². The van der Waals surface area contributed by atoms with Crippen LogP contribution in [-0.4, -0.2) is 23.0 Å². The molecule has 5 rings (SSSR count). The van der Waals surface area contributed by atoms with E-state index in [9.17, 15) is 23.9 Å². The second-order valence-corrected chi connectivity index (χ2v) is 9.81. The van der Waals surface area contributed by atoms with Crippen molar-refractivity contribution >= 4 is 45.4 Å². The van der Waals surface area contributed by atoms with E-state index >= 15 is 0 Å². The predicted octanol–water partition coefficient (Wildman–Crippen LogP) is 5.97. The number of hydrogen-bond donors (Lipinski definition) is 2. The zero-order valence-electron chi connectivity index (χ0n) is 21.0. The molecule has 2 N–H and O–H groups in total. The first-order valence-corrected chi connectivity index (χ1v) is 12.5. The Kier molecular flexibility index (Phi) is 6.97. The van der Waals surface area contributed by atoms with Crippen LogP contribution in [0.3, 0.4) is 0 Å². The summed E-state index contributed by atoms with van der Waals surface area (Å²) in [4.78, 5) is 37.7. The predicted molar refractivity (Wildman–Crippen MR) is 146 cm³/mol.